The second kappa shape index (κ2) is 13.7. The molecule has 0 radical (unpaired) electrons. The summed E-state index contributed by atoms with van der Waals surface area (Å²) in [7, 11) is 0. The number of benzene rings is 7. The fourth-order valence-corrected chi connectivity index (χ4v) is 8.09. The molecule has 2 aliphatic carbocycles. The number of fused-ring (bicyclic) bond motifs is 5. The monoisotopic (exact) mass is 679 g/mol. The molecule has 53 heavy (non-hydrogen) atoms. The molecule has 1 nitrogen and oxygen atoms in total. The van der Waals surface area contributed by atoms with Gasteiger partial charge in [-0.15, -0.1) is 0 Å². The van der Waals surface area contributed by atoms with Crippen LogP contribution in [0.4, 0.5) is 0 Å². The minimum absolute atomic E-state index is 0.573. The zero-order valence-corrected chi connectivity index (χ0v) is 30.3. The van der Waals surface area contributed by atoms with E-state index in [9.17, 15) is 0 Å². The van der Waals surface area contributed by atoms with Crippen molar-refractivity contribution in [1.29, 1.82) is 0 Å². The van der Waals surface area contributed by atoms with Crippen molar-refractivity contribution in [2.45, 2.75) is 26.7 Å². The highest BCUT2D eigenvalue weighted by molar-refractivity contribution is 6.14. The molecule has 2 aliphatic rings. The quantitative estimate of drug-likeness (QED) is 0.149. The van der Waals surface area contributed by atoms with Crippen LogP contribution < -0.4 is 0 Å². The standard InChI is InChI=1S/C52H41N/c1-34-22-24-38(25-23-34)44-26-27-47(46-21-13-12-20-45(44)46)49-31-42(32-50-48-30-41-19-11-10-18-40(41)29-43(48)33-51(49)50)36(3)53-52(39-16-8-5-9-17-39)28-35(2)37-14-6-4-7-15-37/h4-22,24-32,34H,3,23,33H2,1-2H3/b35-28+,53-52+. The zero-order valence-electron chi connectivity index (χ0n) is 30.3. The van der Waals surface area contributed by atoms with Gasteiger partial charge in [0, 0.05) is 11.1 Å². The Morgan fingerprint density at radius 3 is 1.92 bits per heavy atom. The van der Waals surface area contributed by atoms with Crippen molar-refractivity contribution in [3.63, 3.8) is 0 Å². The fourth-order valence-electron chi connectivity index (χ4n) is 8.09. The van der Waals surface area contributed by atoms with Crippen LogP contribution in [0.1, 0.15) is 53.6 Å². The Bertz CT molecular complexity index is 2680. The van der Waals surface area contributed by atoms with E-state index in [0.29, 0.717) is 5.92 Å². The molecule has 0 bridgehead atoms. The lowest BCUT2D eigenvalue weighted by Crippen LogP contribution is -2.00. The van der Waals surface area contributed by atoms with Gasteiger partial charge in [-0.25, -0.2) is 4.99 Å². The van der Waals surface area contributed by atoms with Crippen LogP contribution in [0.3, 0.4) is 0 Å². The molecule has 1 unspecified atom stereocenters. The van der Waals surface area contributed by atoms with E-state index in [-0.39, 0.29) is 0 Å². The molecule has 0 saturated carbocycles. The van der Waals surface area contributed by atoms with E-state index < -0.39 is 0 Å². The Morgan fingerprint density at radius 2 is 1.23 bits per heavy atom. The Morgan fingerprint density at radius 1 is 0.623 bits per heavy atom. The summed E-state index contributed by atoms with van der Waals surface area (Å²) in [5.74, 6) is 0.573. The third kappa shape index (κ3) is 6.19. The first-order valence-electron chi connectivity index (χ1n) is 18.7. The first-order valence-corrected chi connectivity index (χ1v) is 18.7. The van der Waals surface area contributed by atoms with Gasteiger partial charge in [0.25, 0.3) is 0 Å². The van der Waals surface area contributed by atoms with Gasteiger partial charge in [0.15, 0.2) is 0 Å². The van der Waals surface area contributed by atoms with E-state index >= 15 is 0 Å². The lowest BCUT2D eigenvalue weighted by molar-refractivity contribution is 0.739. The summed E-state index contributed by atoms with van der Waals surface area (Å²) in [5.41, 5.74) is 16.4. The molecule has 1 heteroatoms. The van der Waals surface area contributed by atoms with E-state index in [1.165, 1.54) is 71.6 Å². The molecule has 0 heterocycles. The minimum atomic E-state index is 0.573. The van der Waals surface area contributed by atoms with E-state index in [0.717, 1.165) is 41.0 Å². The maximum Gasteiger partial charge on any atom is 0.0712 e. The summed E-state index contributed by atoms with van der Waals surface area (Å²) >= 11 is 0. The highest BCUT2D eigenvalue weighted by Gasteiger charge is 2.25. The molecule has 0 spiro atoms. The lowest BCUT2D eigenvalue weighted by atomic mass is 9.86. The molecule has 254 valence electrons. The van der Waals surface area contributed by atoms with Gasteiger partial charge < -0.3 is 0 Å². The Balaban J connectivity index is 1.24. The van der Waals surface area contributed by atoms with E-state index in [4.69, 9.17) is 4.99 Å². The molecule has 0 N–H and O–H groups in total. The SMILES string of the molecule is C=C(/N=C(\C=C(/C)c1ccccc1)c1ccccc1)c1cc2c(c(-c3ccc(C4=CCC(C)C=C4)c4ccccc34)c1)Cc1cc3ccccc3cc1-2. The molecule has 0 aliphatic heterocycles. The second-order valence-electron chi connectivity index (χ2n) is 14.5. The molecule has 9 rings (SSSR count). The largest absolute Gasteiger partial charge is 0.248 e. The zero-order chi connectivity index (χ0) is 35.9. The van der Waals surface area contributed by atoms with Crippen LogP contribution in [-0.4, -0.2) is 5.71 Å². The van der Waals surface area contributed by atoms with E-state index in [1.54, 1.807) is 0 Å². The van der Waals surface area contributed by atoms with Crippen LogP contribution in [0.15, 0.2) is 181 Å². The third-order valence-corrected chi connectivity index (χ3v) is 11.0. The van der Waals surface area contributed by atoms with Crippen LogP contribution in [0.2, 0.25) is 0 Å². The van der Waals surface area contributed by atoms with Gasteiger partial charge in [-0.2, -0.15) is 0 Å². The third-order valence-electron chi connectivity index (χ3n) is 11.0. The Hall–Kier alpha value is -6.31. The highest BCUT2D eigenvalue weighted by Crippen LogP contribution is 2.47. The predicted molar refractivity (Wildman–Crippen MR) is 228 cm³/mol. The maximum atomic E-state index is 5.32. The molecular weight excluding hydrogens is 639 g/mol. The molecule has 0 aromatic heterocycles. The summed E-state index contributed by atoms with van der Waals surface area (Å²) < 4.78 is 0. The van der Waals surface area contributed by atoms with Crippen molar-refractivity contribution in [2.24, 2.45) is 10.9 Å². The van der Waals surface area contributed by atoms with Crippen molar-refractivity contribution in [2.75, 3.05) is 0 Å². The summed E-state index contributed by atoms with van der Waals surface area (Å²) in [5, 5.41) is 5.08. The summed E-state index contributed by atoms with van der Waals surface area (Å²) in [6.07, 6.45) is 11.2. The smallest absolute Gasteiger partial charge is 0.0712 e. The molecular formula is C52H41N. The number of rotatable bonds is 7. The van der Waals surface area contributed by atoms with Gasteiger partial charge in [-0.1, -0.05) is 159 Å². The average molecular weight is 680 g/mol. The van der Waals surface area contributed by atoms with Gasteiger partial charge in [0.2, 0.25) is 0 Å². The second-order valence-corrected chi connectivity index (χ2v) is 14.5. The van der Waals surface area contributed by atoms with Crippen molar-refractivity contribution in [1.82, 2.24) is 0 Å². The number of hydrogen-bond donors (Lipinski definition) is 0. The van der Waals surface area contributed by atoms with Crippen LogP contribution in [0, 0.1) is 5.92 Å². The molecule has 0 amide bonds. The fraction of sp³-hybridized carbons (Fsp3) is 0.0962. The first-order chi connectivity index (χ1) is 26.0. The number of allylic oxidation sites excluding steroid dienone is 6. The number of aliphatic imine (C=N–C) groups is 1. The lowest BCUT2D eigenvalue weighted by Gasteiger charge is -2.18. The minimum Gasteiger partial charge on any atom is -0.248 e. The first kappa shape index (κ1) is 32.6. The van der Waals surface area contributed by atoms with Crippen LogP contribution in [0.5, 0.6) is 0 Å². The molecule has 0 fully saturated rings. The van der Waals surface area contributed by atoms with Gasteiger partial charge in [0.05, 0.1) is 11.4 Å². The van der Waals surface area contributed by atoms with Crippen LogP contribution >= 0.6 is 0 Å². The topological polar surface area (TPSA) is 12.4 Å². The molecule has 1 atom stereocenters. The van der Waals surface area contributed by atoms with Gasteiger partial charge in [0.1, 0.15) is 0 Å². The average Bonchev–Trinajstić information content (AvgIpc) is 3.57. The summed E-state index contributed by atoms with van der Waals surface area (Å²) in [4.78, 5) is 5.32. The highest BCUT2D eigenvalue weighted by atomic mass is 14.8. The van der Waals surface area contributed by atoms with Crippen molar-refractivity contribution < 1.29 is 0 Å². The van der Waals surface area contributed by atoms with Gasteiger partial charge in [-0.3, -0.25) is 0 Å². The van der Waals surface area contributed by atoms with Gasteiger partial charge >= 0.3 is 0 Å². The van der Waals surface area contributed by atoms with Crippen LogP contribution in [-0.2, 0) is 6.42 Å². The maximum absolute atomic E-state index is 5.32. The number of hydrogen-bond acceptors (Lipinski definition) is 1. The molecule has 7 aromatic rings. The normalized spacial score (nSPS) is 15.4. The number of nitrogens with zero attached hydrogens (tertiary/aromatic N) is 1. The predicted octanol–water partition coefficient (Wildman–Crippen LogP) is 13.8. The summed E-state index contributed by atoms with van der Waals surface area (Å²) in [6, 6.07) is 52.7. The molecule has 7 aromatic carbocycles. The van der Waals surface area contributed by atoms with E-state index in [1.807, 2.05) is 0 Å². The van der Waals surface area contributed by atoms with E-state index in [2.05, 4.69) is 190 Å². The van der Waals surface area contributed by atoms with Gasteiger partial charge in [-0.05, 0) is 127 Å². The Labute approximate surface area is 312 Å². The molecule has 0 saturated heterocycles. The van der Waals surface area contributed by atoms with Crippen molar-refractivity contribution in [3.8, 4) is 22.3 Å². The summed E-state index contributed by atoms with van der Waals surface area (Å²) in [6.45, 7) is 9.08. The van der Waals surface area contributed by atoms with Crippen molar-refractivity contribution in [3.05, 3.63) is 210 Å². The van der Waals surface area contributed by atoms with Crippen LogP contribution in [0.25, 0.3) is 60.6 Å². The van der Waals surface area contributed by atoms with Crippen molar-refractivity contribution >= 4 is 44.1 Å². The Kier molecular flexibility index (Phi) is 8.41.